The second-order valence-corrected chi connectivity index (χ2v) is 8.32. The van der Waals surface area contributed by atoms with Gasteiger partial charge in [-0.25, -0.2) is 0 Å². The number of fused-ring (bicyclic) bond motifs is 2. The van der Waals surface area contributed by atoms with Gasteiger partial charge in [-0.15, -0.1) is 22.7 Å². The van der Waals surface area contributed by atoms with E-state index in [0.29, 0.717) is 25.8 Å². The first-order chi connectivity index (χ1) is 11.0. The third kappa shape index (κ3) is 2.42. The van der Waals surface area contributed by atoms with Gasteiger partial charge in [0.2, 0.25) is 0 Å². The highest BCUT2D eigenvalue weighted by Gasteiger charge is 2.17. The van der Waals surface area contributed by atoms with Crippen LogP contribution in [0.5, 0.6) is 0 Å². The predicted molar refractivity (Wildman–Crippen MR) is 103 cm³/mol. The van der Waals surface area contributed by atoms with Crippen LogP contribution in [-0.2, 0) is 0 Å². The zero-order valence-electron chi connectivity index (χ0n) is 11.6. The molecule has 0 unspecified atom stereocenters. The lowest BCUT2D eigenvalue weighted by molar-refractivity contribution is 1.67. The van der Waals surface area contributed by atoms with Gasteiger partial charge < -0.3 is 5.73 Å². The number of anilines is 1. The largest absolute Gasteiger partial charge is 0.390 e. The van der Waals surface area contributed by atoms with Crippen LogP contribution >= 0.6 is 45.9 Å². The SMILES string of the molecule is Nc1sc2sc3ccc(Cl)cc3c(=O)c2c1-c1ccc(Cl)cc1. The summed E-state index contributed by atoms with van der Waals surface area (Å²) in [5.41, 5.74) is 7.85. The van der Waals surface area contributed by atoms with Crippen LogP contribution in [0, 0.1) is 0 Å². The highest BCUT2D eigenvalue weighted by atomic mass is 35.5. The Hall–Kier alpha value is -1.59. The quantitative estimate of drug-likeness (QED) is 0.439. The molecule has 0 spiro atoms. The minimum absolute atomic E-state index is 0.0332. The van der Waals surface area contributed by atoms with Gasteiger partial charge in [-0.3, -0.25) is 4.79 Å². The molecule has 0 radical (unpaired) electrons. The molecular weight excluding hydrogens is 369 g/mol. The van der Waals surface area contributed by atoms with Gasteiger partial charge in [0.25, 0.3) is 0 Å². The molecule has 2 heterocycles. The first kappa shape index (κ1) is 15.0. The Kier molecular flexibility index (Phi) is 3.58. The predicted octanol–water partition coefficient (Wildman–Crippen LogP) is 6.03. The Morgan fingerprint density at radius 1 is 0.913 bits per heavy atom. The highest BCUT2D eigenvalue weighted by Crippen LogP contribution is 2.43. The van der Waals surface area contributed by atoms with Gasteiger partial charge in [0.15, 0.2) is 5.43 Å². The first-order valence-electron chi connectivity index (χ1n) is 6.75. The molecule has 6 heteroatoms. The van der Waals surface area contributed by atoms with Crippen molar-refractivity contribution in [2.24, 2.45) is 0 Å². The fourth-order valence-electron chi connectivity index (χ4n) is 2.61. The lowest BCUT2D eigenvalue weighted by Gasteiger charge is -2.03. The van der Waals surface area contributed by atoms with Gasteiger partial charge in [-0.2, -0.15) is 0 Å². The molecule has 23 heavy (non-hydrogen) atoms. The Morgan fingerprint density at radius 2 is 1.61 bits per heavy atom. The molecule has 0 bridgehead atoms. The van der Waals surface area contributed by atoms with E-state index in [1.807, 2.05) is 18.2 Å². The highest BCUT2D eigenvalue weighted by molar-refractivity contribution is 7.42. The fraction of sp³-hybridized carbons (Fsp3) is 0. The number of nitrogens with two attached hydrogens (primary N) is 1. The van der Waals surface area contributed by atoms with Gasteiger partial charge in [-0.05, 0) is 35.9 Å². The number of rotatable bonds is 1. The lowest BCUT2D eigenvalue weighted by Crippen LogP contribution is -2.01. The molecule has 2 aromatic heterocycles. The van der Waals surface area contributed by atoms with Crippen LogP contribution in [0.3, 0.4) is 0 Å². The van der Waals surface area contributed by atoms with E-state index in [0.717, 1.165) is 19.8 Å². The van der Waals surface area contributed by atoms with Gasteiger partial charge >= 0.3 is 0 Å². The van der Waals surface area contributed by atoms with Crippen LogP contribution in [0.15, 0.2) is 47.3 Å². The molecule has 0 aliphatic carbocycles. The van der Waals surface area contributed by atoms with Crippen LogP contribution in [0.4, 0.5) is 5.00 Å². The third-order valence-electron chi connectivity index (χ3n) is 3.65. The summed E-state index contributed by atoms with van der Waals surface area (Å²) in [7, 11) is 0. The van der Waals surface area contributed by atoms with Crippen molar-refractivity contribution in [3.05, 3.63) is 62.7 Å². The van der Waals surface area contributed by atoms with Crippen LogP contribution < -0.4 is 11.2 Å². The van der Waals surface area contributed by atoms with Crippen LogP contribution in [0.25, 0.3) is 30.6 Å². The molecule has 4 rings (SSSR count). The van der Waals surface area contributed by atoms with Gasteiger partial charge in [0.1, 0.15) is 0 Å². The van der Waals surface area contributed by atoms with E-state index in [9.17, 15) is 4.79 Å². The van der Waals surface area contributed by atoms with Crippen molar-refractivity contribution in [3.63, 3.8) is 0 Å². The average Bonchev–Trinajstić information content (AvgIpc) is 2.85. The zero-order valence-corrected chi connectivity index (χ0v) is 14.7. The van der Waals surface area contributed by atoms with E-state index in [1.165, 1.54) is 11.3 Å². The molecule has 2 aromatic carbocycles. The van der Waals surface area contributed by atoms with Crippen molar-refractivity contribution in [1.82, 2.24) is 0 Å². The van der Waals surface area contributed by atoms with E-state index in [-0.39, 0.29) is 5.43 Å². The summed E-state index contributed by atoms with van der Waals surface area (Å²) in [6.07, 6.45) is 0. The molecule has 0 fully saturated rings. The van der Waals surface area contributed by atoms with E-state index >= 15 is 0 Å². The maximum absolute atomic E-state index is 13.0. The second-order valence-electron chi connectivity index (χ2n) is 5.08. The normalized spacial score (nSPS) is 11.4. The average molecular weight is 378 g/mol. The second kappa shape index (κ2) is 5.49. The molecular formula is C17H9Cl2NOS2. The number of hydrogen-bond acceptors (Lipinski definition) is 4. The molecule has 0 aliphatic rings. The van der Waals surface area contributed by atoms with Gasteiger partial charge in [0, 0.05) is 25.7 Å². The van der Waals surface area contributed by atoms with Crippen LogP contribution in [-0.4, -0.2) is 0 Å². The minimum atomic E-state index is -0.0332. The number of benzene rings is 2. The van der Waals surface area contributed by atoms with E-state index < -0.39 is 0 Å². The van der Waals surface area contributed by atoms with Gasteiger partial charge in [0.05, 0.1) is 14.4 Å². The minimum Gasteiger partial charge on any atom is -0.390 e. The Labute approximate surface area is 149 Å². The van der Waals surface area contributed by atoms with Crippen molar-refractivity contribution in [3.8, 4) is 11.1 Å². The summed E-state index contributed by atoms with van der Waals surface area (Å²) in [5, 5.41) is 3.13. The molecule has 0 amide bonds. The molecule has 0 saturated heterocycles. The summed E-state index contributed by atoms with van der Waals surface area (Å²) < 4.78 is 1.84. The van der Waals surface area contributed by atoms with Crippen molar-refractivity contribution in [1.29, 1.82) is 0 Å². The number of hydrogen-bond donors (Lipinski definition) is 1. The molecule has 2 nitrogen and oxygen atoms in total. The number of thiophene rings is 1. The Bertz CT molecular complexity index is 1110. The molecule has 114 valence electrons. The van der Waals surface area contributed by atoms with E-state index in [1.54, 1.807) is 35.6 Å². The summed E-state index contributed by atoms with van der Waals surface area (Å²) >= 11 is 15.0. The summed E-state index contributed by atoms with van der Waals surface area (Å²) in [6.45, 7) is 0. The molecule has 0 saturated carbocycles. The number of nitrogen functional groups attached to an aromatic ring is 1. The smallest absolute Gasteiger partial charge is 0.197 e. The standard InChI is InChI=1S/C17H9Cl2NOS2/c18-9-3-1-8(2-4-9)13-14-15(21)11-7-10(19)5-6-12(11)22-17(14)23-16(13)20/h1-7H,20H2. The zero-order chi connectivity index (χ0) is 16.1. The summed E-state index contributed by atoms with van der Waals surface area (Å²) in [4.78, 5) is 13.0. The van der Waals surface area contributed by atoms with Gasteiger partial charge in [-0.1, -0.05) is 35.3 Å². The lowest BCUT2D eigenvalue weighted by atomic mass is 10.0. The Balaban J connectivity index is 2.14. The molecule has 4 aromatic rings. The third-order valence-corrected chi connectivity index (χ3v) is 6.42. The molecule has 2 N–H and O–H groups in total. The number of halogens is 2. The van der Waals surface area contributed by atoms with Crippen LogP contribution in [0.2, 0.25) is 10.0 Å². The van der Waals surface area contributed by atoms with Crippen molar-refractivity contribution < 1.29 is 0 Å². The van der Waals surface area contributed by atoms with Crippen molar-refractivity contribution in [2.45, 2.75) is 0 Å². The maximum atomic E-state index is 13.0. The Morgan fingerprint density at radius 3 is 2.35 bits per heavy atom. The topological polar surface area (TPSA) is 43.1 Å². The van der Waals surface area contributed by atoms with Crippen molar-refractivity contribution >= 4 is 70.4 Å². The summed E-state index contributed by atoms with van der Waals surface area (Å²) in [5.74, 6) is 0. The molecule has 0 atom stereocenters. The van der Waals surface area contributed by atoms with Crippen LogP contribution in [0.1, 0.15) is 0 Å². The monoisotopic (exact) mass is 377 g/mol. The first-order valence-corrected chi connectivity index (χ1v) is 9.14. The van der Waals surface area contributed by atoms with Crippen molar-refractivity contribution in [2.75, 3.05) is 5.73 Å². The molecule has 0 aliphatic heterocycles. The van der Waals surface area contributed by atoms with E-state index in [4.69, 9.17) is 28.9 Å². The maximum Gasteiger partial charge on any atom is 0.197 e. The fourth-order valence-corrected chi connectivity index (χ4v) is 5.33. The van der Waals surface area contributed by atoms with E-state index in [2.05, 4.69) is 0 Å². The summed E-state index contributed by atoms with van der Waals surface area (Å²) in [6, 6.07) is 12.7.